The average molecular weight is 303 g/mol. The van der Waals surface area contributed by atoms with Gasteiger partial charge < -0.3 is 15.6 Å². The van der Waals surface area contributed by atoms with Gasteiger partial charge in [0.15, 0.2) is 0 Å². The van der Waals surface area contributed by atoms with Crippen LogP contribution in [0.2, 0.25) is 0 Å². The van der Waals surface area contributed by atoms with Crippen LogP contribution in [0.3, 0.4) is 0 Å². The van der Waals surface area contributed by atoms with Gasteiger partial charge in [0.2, 0.25) is 0 Å². The molecule has 0 saturated carbocycles. The second-order valence-electron chi connectivity index (χ2n) is 5.65. The highest BCUT2D eigenvalue weighted by Crippen LogP contribution is 2.16. The van der Waals surface area contributed by atoms with Crippen molar-refractivity contribution in [1.29, 1.82) is 0 Å². The van der Waals surface area contributed by atoms with Crippen LogP contribution < -0.4 is 5.73 Å². The van der Waals surface area contributed by atoms with E-state index < -0.39 is 0 Å². The number of allylic oxidation sites excluding steroid dienone is 1. The monoisotopic (exact) mass is 303 g/mol. The van der Waals surface area contributed by atoms with Gasteiger partial charge in [-0.3, -0.25) is 0 Å². The fraction of sp³-hybridized carbons (Fsp3) is 0.579. The number of likely N-dealkylation sites (tertiary alicyclic amines) is 1. The Hall–Kier alpha value is -1.32. The SMILES string of the molecule is C=Cc1cc(CCCN2CCC(N)CC2)[nH]c1/C=C\C.CC. The summed E-state index contributed by atoms with van der Waals surface area (Å²) in [6.45, 7) is 13.4. The molecule has 1 aliphatic heterocycles. The summed E-state index contributed by atoms with van der Waals surface area (Å²) < 4.78 is 0. The lowest BCUT2D eigenvalue weighted by atomic mass is 10.1. The Morgan fingerprint density at radius 1 is 1.36 bits per heavy atom. The first kappa shape index (κ1) is 18.7. The van der Waals surface area contributed by atoms with Crippen molar-refractivity contribution in [3.63, 3.8) is 0 Å². The van der Waals surface area contributed by atoms with Crippen molar-refractivity contribution in [1.82, 2.24) is 9.88 Å². The molecule has 1 saturated heterocycles. The van der Waals surface area contributed by atoms with Crippen molar-refractivity contribution in [2.24, 2.45) is 5.73 Å². The normalized spacial score (nSPS) is 16.5. The van der Waals surface area contributed by atoms with Crippen molar-refractivity contribution < 1.29 is 0 Å². The molecule has 2 rings (SSSR count). The van der Waals surface area contributed by atoms with Crippen molar-refractivity contribution in [3.05, 3.63) is 35.7 Å². The van der Waals surface area contributed by atoms with E-state index in [4.69, 9.17) is 5.73 Å². The van der Waals surface area contributed by atoms with E-state index in [1.54, 1.807) is 0 Å². The Labute approximate surface area is 136 Å². The van der Waals surface area contributed by atoms with Crippen LogP contribution in [0.4, 0.5) is 0 Å². The zero-order valence-corrected chi connectivity index (χ0v) is 14.6. The second-order valence-corrected chi connectivity index (χ2v) is 5.65. The molecule has 0 spiro atoms. The molecule has 3 nitrogen and oxygen atoms in total. The lowest BCUT2D eigenvalue weighted by Crippen LogP contribution is -2.40. The molecule has 0 unspecified atom stereocenters. The summed E-state index contributed by atoms with van der Waals surface area (Å²) in [4.78, 5) is 6.02. The summed E-state index contributed by atoms with van der Waals surface area (Å²) in [5, 5.41) is 0. The molecule has 1 aliphatic rings. The van der Waals surface area contributed by atoms with Crippen LogP contribution in [0.1, 0.15) is 57.0 Å². The molecule has 0 aromatic carbocycles. The third-order valence-electron chi connectivity index (χ3n) is 4.04. The van der Waals surface area contributed by atoms with Gasteiger partial charge >= 0.3 is 0 Å². The molecule has 3 N–H and O–H groups in total. The lowest BCUT2D eigenvalue weighted by molar-refractivity contribution is 0.211. The molecule has 0 radical (unpaired) electrons. The number of rotatable bonds is 6. The molecule has 0 aliphatic carbocycles. The van der Waals surface area contributed by atoms with E-state index in [1.165, 1.54) is 29.9 Å². The Bertz CT molecular complexity index is 451. The maximum absolute atomic E-state index is 5.93. The van der Waals surface area contributed by atoms with Gasteiger partial charge in [0.25, 0.3) is 0 Å². The van der Waals surface area contributed by atoms with E-state index in [2.05, 4.69) is 34.7 Å². The molecule has 0 bridgehead atoms. The Kier molecular flexibility index (Phi) is 8.86. The third-order valence-corrected chi connectivity index (χ3v) is 4.04. The number of hydrogen-bond acceptors (Lipinski definition) is 2. The highest BCUT2D eigenvalue weighted by Gasteiger charge is 2.15. The quantitative estimate of drug-likeness (QED) is 0.832. The smallest absolute Gasteiger partial charge is 0.0452 e. The summed E-state index contributed by atoms with van der Waals surface area (Å²) >= 11 is 0. The first-order valence-electron chi connectivity index (χ1n) is 8.68. The van der Waals surface area contributed by atoms with Crippen molar-refractivity contribution in [2.75, 3.05) is 19.6 Å². The van der Waals surface area contributed by atoms with E-state index in [9.17, 15) is 0 Å². The molecule has 3 heteroatoms. The number of H-pyrrole nitrogens is 1. The van der Waals surface area contributed by atoms with Gasteiger partial charge in [0.05, 0.1) is 0 Å². The van der Waals surface area contributed by atoms with Crippen LogP contribution in [0, 0.1) is 0 Å². The van der Waals surface area contributed by atoms with Gasteiger partial charge in [-0.15, -0.1) is 0 Å². The molecular weight excluding hydrogens is 270 g/mol. The predicted octanol–water partition coefficient (Wildman–Crippen LogP) is 4.07. The number of piperidine rings is 1. The molecule has 2 heterocycles. The highest BCUT2D eigenvalue weighted by atomic mass is 15.1. The van der Waals surface area contributed by atoms with Gasteiger partial charge in [0.1, 0.15) is 0 Å². The lowest BCUT2D eigenvalue weighted by Gasteiger charge is -2.29. The topological polar surface area (TPSA) is 45.0 Å². The number of nitrogens with zero attached hydrogens (tertiary/aromatic N) is 1. The Morgan fingerprint density at radius 2 is 2.05 bits per heavy atom. The van der Waals surface area contributed by atoms with Crippen LogP contribution >= 0.6 is 0 Å². The number of hydrogen-bond donors (Lipinski definition) is 2. The molecule has 0 atom stereocenters. The first-order valence-corrected chi connectivity index (χ1v) is 8.68. The summed E-state index contributed by atoms with van der Waals surface area (Å²) in [5.41, 5.74) is 9.60. The van der Waals surface area contributed by atoms with Crippen molar-refractivity contribution in [2.45, 2.75) is 52.5 Å². The van der Waals surface area contributed by atoms with E-state index in [0.29, 0.717) is 6.04 Å². The van der Waals surface area contributed by atoms with Crippen molar-refractivity contribution >= 4 is 12.2 Å². The van der Waals surface area contributed by atoms with Gasteiger partial charge in [-0.25, -0.2) is 0 Å². The first-order chi connectivity index (χ1) is 10.7. The molecule has 1 fully saturated rings. The minimum atomic E-state index is 0.424. The Balaban J connectivity index is 0.00000116. The predicted molar refractivity (Wildman–Crippen MR) is 98.9 cm³/mol. The van der Waals surface area contributed by atoms with E-state index in [1.807, 2.05) is 26.8 Å². The summed E-state index contributed by atoms with van der Waals surface area (Å²) in [5.74, 6) is 0. The third kappa shape index (κ3) is 5.82. The fourth-order valence-corrected chi connectivity index (χ4v) is 2.82. The highest BCUT2D eigenvalue weighted by molar-refractivity contribution is 5.62. The number of aromatic amines is 1. The Morgan fingerprint density at radius 3 is 2.64 bits per heavy atom. The van der Waals surface area contributed by atoms with Gasteiger partial charge in [-0.05, 0) is 69.9 Å². The molecular formula is C19H33N3. The molecule has 22 heavy (non-hydrogen) atoms. The van der Waals surface area contributed by atoms with E-state index in [0.717, 1.165) is 32.4 Å². The molecule has 1 aromatic heterocycles. The van der Waals surface area contributed by atoms with Crippen LogP contribution in [-0.2, 0) is 6.42 Å². The molecule has 124 valence electrons. The van der Waals surface area contributed by atoms with Crippen LogP contribution in [0.5, 0.6) is 0 Å². The van der Waals surface area contributed by atoms with Gasteiger partial charge in [0, 0.05) is 17.4 Å². The fourth-order valence-electron chi connectivity index (χ4n) is 2.82. The zero-order chi connectivity index (χ0) is 16.4. The zero-order valence-electron chi connectivity index (χ0n) is 14.6. The van der Waals surface area contributed by atoms with Crippen LogP contribution in [-0.4, -0.2) is 35.6 Å². The maximum atomic E-state index is 5.93. The summed E-state index contributed by atoms with van der Waals surface area (Å²) in [6.07, 6.45) is 10.7. The number of nitrogens with two attached hydrogens (primary N) is 1. The summed E-state index contributed by atoms with van der Waals surface area (Å²) in [6, 6.07) is 2.64. The number of aromatic nitrogens is 1. The standard InChI is InChI=1S/C17H27N3.C2H6/c1-3-6-17-14(4-2)13-16(19-17)7-5-10-20-11-8-15(18)9-12-20;1-2/h3-4,6,13,15,19H,2,5,7-12,18H2,1H3;1-2H3/b6-3-;. The van der Waals surface area contributed by atoms with Gasteiger partial charge in [-0.1, -0.05) is 32.6 Å². The maximum Gasteiger partial charge on any atom is 0.0452 e. The van der Waals surface area contributed by atoms with Gasteiger partial charge in [-0.2, -0.15) is 0 Å². The van der Waals surface area contributed by atoms with Crippen LogP contribution in [0.25, 0.3) is 12.2 Å². The number of nitrogens with one attached hydrogen (secondary N) is 1. The van der Waals surface area contributed by atoms with Crippen LogP contribution in [0.15, 0.2) is 18.7 Å². The minimum Gasteiger partial charge on any atom is -0.358 e. The average Bonchev–Trinajstić information content (AvgIpc) is 2.94. The van der Waals surface area contributed by atoms with E-state index >= 15 is 0 Å². The summed E-state index contributed by atoms with van der Waals surface area (Å²) in [7, 11) is 0. The van der Waals surface area contributed by atoms with Crippen molar-refractivity contribution in [3.8, 4) is 0 Å². The van der Waals surface area contributed by atoms with E-state index in [-0.39, 0.29) is 0 Å². The number of aryl methyl sites for hydroxylation is 1. The largest absolute Gasteiger partial charge is 0.358 e. The second kappa shape index (κ2) is 10.4. The molecule has 0 amide bonds. The minimum absolute atomic E-state index is 0.424. The molecule has 1 aromatic rings.